The number of alkyl halides is 2. The molecule has 0 saturated heterocycles. The van der Waals surface area contributed by atoms with E-state index in [2.05, 4.69) is 9.97 Å². The van der Waals surface area contributed by atoms with Crippen molar-refractivity contribution in [3.8, 4) is 34.2 Å². The molecule has 0 saturated carbocycles. The molecule has 0 bridgehead atoms. The number of nitrogens with one attached hydrogen (secondary N) is 1. The van der Waals surface area contributed by atoms with Gasteiger partial charge in [-0.25, -0.2) is 13.8 Å². The number of hydrogen-bond acceptors (Lipinski definition) is 2. The van der Waals surface area contributed by atoms with Crippen molar-refractivity contribution in [3.63, 3.8) is 0 Å². The van der Waals surface area contributed by atoms with Crippen LogP contribution in [0.1, 0.15) is 18.2 Å². The summed E-state index contributed by atoms with van der Waals surface area (Å²) in [7, 11) is 5.74. The topological polar surface area (TPSA) is 41.8 Å². The number of benzene rings is 2. The minimum absolute atomic E-state index is 0.0533. The summed E-state index contributed by atoms with van der Waals surface area (Å²) in [5.41, 5.74) is 3.87. The predicted octanol–water partition coefficient (Wildman–Crippen LogP) is 5.22. The van der Waals surface area contributed by atoms with Gasteiger partial charge in [0.2, 0.25) is 0 Å². The van der Waals surface area contributed by atoms with Gasteiger partial charge in [0.15, 0.2) is 11.6 Å². The molecule has 28 heavy (non-hydrogen) atoms. The average molecular weight is 374 g/mol. The van der Waals surface area contributed by atoms with E-state index in [4.69, 9.17) is 12.3 Å². The number of furan rings is 1. The molecule has 0 unspecified atom stereocenters. The van der Waals surface area contributed by atoms with Gasteiger partial charge in [0, 0.05) is 29.3 Å². The molecule has 3 nitrogen and oxygen atoms in total. The van der Waals surface area contributed by atoms with Gasteiger partial charge in [-0.3, -0.25) is 0 Å². The fraction of sp³-hybridized carbons (Fsp3) is 0.136. The van der Waals surface area contributed by atoms with E-state index < -0.39 is 5.92 Å². The first kappa shape index (κ1) is 18.2. The molecule has 138 valence electrons. The molecular weight excluding hydrogens is 357 g/mol. The van der Waals surface area contributed by atoms with Crippen molar-refractivity contribution in [2.24, 2.45) is 0 Å². The Bertz CT molecular complexity index is 1120. The number of hydrogen-bond donors (Lipinski definition) is 1. The van der Waals surface area contributed by atoms with Crippen molar-refractivity contribution in [1.29, 1.82) is 0 Å². The number of aromatic nitrogens is 2. The van der Waals surface area contributed by atoms with Crippen LogP contribution in [0.4, 0.5) is 8.78 Å². The molecule has 0 aliphatic carbocycles. The highest BCUT2D eigenvalue weighted by molar-refractivity contribution is 6.32. The van der Waals surface area contributed by atoms with E-state index in [0.717, 1.165) is 23.9 Å². The molecule has 1 N–H and O–H groups in total. The Morgan fingerprint density at radius 3 is 2.39 bits per heavy atom. The van der Waals surface area contributed by atoms with Gasteiger partial charge in [0.25, 0.3) is 5.92 Å². The quantitative estimate of drug-likeness (QED) is 0.498. The Hall–Kier alpha value is -3.15. The van der Waals surface area contributed by atoms with Crippen molar-refractivity contribution in [2.75, 3.05) is 0 Å². The van der Waals surface area contributed by atoms with Crippen LogP contribution in [0.15, 0.2) is 65.1 Å². The third kappa shape index (κ3) is 3.50. The first-order chi connectivity index (χ1) is 13.3. The minimum atomic E-state index is -2.91. The number of H-pyrrole nitrogens is 1. The first-order valence-corrected chi connectivity index (χ1v) is 8.83. The number of rotatable bonds is 4. The lowest BCUT2D eigenvalue weighted by molar-refractivity contribution is 0.0175. The summed E-state index contributed by atoms with van der Waals surface area (Å²) in [5.74, 6) is -1.29. The number of nitrogens with zero attached hydrogens (tertiary/aromatic N) is 1. The predicted molar refractivity (Wildman–Crippen MR) is 107 cm³/mol. The normalized spacial score (nSPS) is 11.7. The highest BCUT2D eigenvalue weighted by Crippen LogP contribution is 2.33. The molecule has 0 aliphatic heterocycles. The fourth-order valence-corrected chi connectivity index (χ4v) is 3.06. The van der Waals surface area contributed by atoms with Crippen molar-refractivity contribution in [1.82, 2.24) is 9.97 Å². The summed E-state index contributed by atoms with van der Waals surface area (Å²) >= 11 is 0. The van der Waals surface area contributed by atoms with Gasteiger partial charge in [-0.1, -0.05) is 47.9 Å². The second kappa shape index (κ2) is 6.78. The standard InChI is InChI=1S/C22H17BF2N2O/c1-13-20(14-6-8-17(23)9-7-14)27-21(26-13)19-11-10-18(28-19)15-4-3-5-16(12-15)22(2,24)25/h3-12H,1-2H3,(H,26,27). The van der Waals surface area contributed by atoms with Gasteiger partial charge >= 0.3 is 0 Å². The van der Waals surface area contributed by atoms with Crippen molar-refractivity contribution in [2.45, 2.75) is 19.8 Å². The van der Waals surface area contributed by atoms with E-state index in [0.29, 0.717) is 28.4 Å². The van der Waals surface area contributed by atoms with Gasteiger partial charge in [-0.2, -0.15) is 0 Å². The molecule has 2 radical (unpaired) electrons. The average Bonchev–Trinajstić information content (AvgIpc) is 3.29. The Kier molecular flexibility index (Phi) is 4.42. The lowest BCUT2D eigenvalue weighted by atomic mass is 9.94. The SMILES string of the molecule is [B]c1ccc(-c2nc(-c3ccc(-c4cccc(C(C)(F)F)c4)o3)[nH]c2C)cc1. The largest absolute Gasteiger partial charge is 0.453 e. The number of aryl methyl sites for hydroxylation is 1. The minimum Gasteiger partial charge on any atom is -0.453 e. The molecule has 2 heterocycles. The van der Waals surface area contributed by atoms with E-state index >= 15 is 0 Å². The third-order valence-corrected chi connectivity index (χ3v) is 4.56. The van der Waals surface area contributed by atoms with Gasteiger partial charge in [0.05, 0.1) is 5.69 Å². The summed E-state index contributed by atoms with van der Waals surface area (Å²) in [6, 6.07) is 17.2. The molecular formula is C22H17BF2N2O. The Morgan fingerprint density at radius 2 is 1.68 bits per heavy atom. The molecule has 0 fully saturated rings. The zero-order valence-electron chi connectivity index (χ0n) is 15.5. The van der Waals surface area contributed by atoms with Crippen LogP contribution >= 0.6 is 0 Å². The number of aromatic amines is 1. The lowest BCUT2D eigenvalue weighted by Gasteiger charge is -2.11. The van der Waals surface area contributed by atoms with Crippen LogP contribution in [-0.4, -0.2) is 17.8 Å². The van der Waals surface area contributed by atoms with Crippen LogP contribution in [-0.2, 0) is 5.92 Å². The van der Waals surface area contributed by atoms with Gasteiger partial charge in [0.1, 0.15) is 13.6 Å². The molecule has 0 spiro atoms. The van der Waals surface area contributed by atoms with Crippen molar-refractivity contribution >= 4 is 13.3 Å². The Labute approximate surface area is 162 Å². The second-order valence-corrected chi connectivity index (χ2v) is 6.81. The fourth-order valence-electron chi connectivity index (χ4n) is 3.06. The molecule has 2 aromatic heterocycles. The van der Waals surface area contributed by atoms with Crippen LogP contribution in [0, 0.1) is 6.92 Å². The Balaban J connectivity index is 1.67. The molecule has 4 aromatic rings. The highest BCUT2D eigenvalue weighted by atomic mass is 19.3. The summed E-state index contributed by atoms with van der Waals surface area (Å²) in [4.78, 5) is 7.85. The molecule has 4 rings (SSSR count). The molecule has 0 aliphatic rings. The van der Waals surface area contributed by atoms with E-state index in [9.17, 15) is 8.78 Å². The summed E-state index contributed by atoms with van der Waals surface area (Å²) < 4.78 is 33.1. The van der Waals surface area contributed by atoms with Gasteiger partial charge in [-0.05, 0) is 25.1 Å². The maximum absolute atomic E-state index is 13.6. The molecule has 0 amide bonds. The van der Waals surface area contributed by atoms with Crippen LogP contribution in [0.5, 0.6) is 0 Å². The van der Waals surface area contributed by atoms with Gasteiger partial charge < -0.3 is 9.40 Å². The van der Waals surface area contributed by atoms with Crippen LogP contribution < -0.4 is 5.46 Å². The highest BCUT2D eigenvalue weighted by Gasteiger charge is 2.24. The smallest absolute Gasteiger partial charge is 0.270 e. The molecule has 2 aromatic carbocycles. The second-order valence-electron chi connectivity index (χ2n) is 6.81. The summed E-state index contributed by atoms with van der Waals surface area (Å²) in [6.07, 6.45) is 0. The summed E-state index contributed by atoms with van der Waals surface area (Å²) in [5, 5.41) is 0. The Morgan fingerprint density at radius 1 is 0.964 bits per heavy atom. The number of halogens is 2. The van der Waals surface area contributed by atoms with Crippen LogP contribution in [0.2, 0.25) is 0 Å². The van der Waals surface area contributed by atoms with E-state index in [1.54, 1.807) is 24.3 Å². The van der Waals surface area contributed by atoms with E-state index in [1.165, 1.54) is 12.1 Å². The molecule has 6 heteroatoms. The number of imidazole rings is 1. The maximum Gasteiger partial charge on any atom is 0.270 e. The monoisotopic (exact) mass is 374 g/mol. The zero-order chi connectivity index (χ0) is 19.9. The van der Waals surface area contributed by atoms with Crippen LogP contribution in [0.3, 0.4) is 0 Å². The first-order valence-electron chi connectivity index (χ1n) is 8.83. The zero-order valence-corrected chi connectivity index (χ0v) is 15.5. The lowest BCUT2D eigenvalue weighted by Crippen LogP contribution is -2.06. The summed E-state index contributed by atoms with van der Waals surface area (Å²) in [6.45, 7) is 2.81. The molecule has 0 atom stereocenters. The third-order valence-electron chi connectivity index (χ3n) is 4.56. The van der Waals surface area contributed by atoms with Crippen molar-refractivity contribution < 1.29 is 13.2 Å². The van der Waals surface area contributed by atoms with Gasteiger partial charge in [-0.15, -0.1) is 0 Å². The van der Waals surface area contributed by atoms with E-state index in [1.807, 2.05) is 31.2 Å². The van der Waals surface area contributed by atoms with E-state index in [-0.39, 0.29) is 5.56 Å². The van der Waals surface area contributed by atoms with Crippen molar-refractivity contribution in [3.05, 3.63) is 71.9 Å². The maximum atomic E-state index is 13.6. The van der Waals surface area contributed by atoms with Crippen LogP contribution in [0.25, 0.3) is 34.2 Å².